The van der Waals surface area contributed by atoms with Gasteiger partial charge in [-0.25, -0.2) is 0 Å². The van der Waals surface area contributed by atoms with Crippen LogP contribution in [0.1, 0.15) is 46.5 Å². The van der Waals surface area contributed by atoms with Gasteiger partial charge in [-0.05, 0) is 57.0 Å². The number of aromatic nitrogens is 4. The van der Waals surface area contributed by atoms with Crippen LogP contribution in [0.5, 0.6) is 0 Å². The van der Waals surface area contributed by atoms with E-state index in [4.69, 9.17) is 0 Å². The number of fused-ring (bicyclic) bond motifs is 3. The zero-order valence-corrected chi connectivity index (χ0v) is 22.2. The van der Waals surface area contributed by atoms with Crippen LogP contribution in [0, 0.1) is 13.8 Å². The molecule has 0 fully saturated rings. The number of carbonyl (C=O) groups is 1. The first-order valence-electron chi connectivity index (χ1n) is 12.3. The third kappa shape index (κ3) is 5.15. The Bertz CT molecular complexity index is 1670. The van der Waals surface area contributed by atoms with Crippen LogP contribution in [0.2, 0.25) is 0 Å². The van der Waals surface area contributed by atoms with Gasteiger partial charge in [-0.1, -0.05) is 71.4 Å². The second-order valence-electron chi connectivity index (χ2n) is 9.63. The molecule has 0 aliphatic heterocycles. The largest absolute Gasteiger partial charge is 0.350 e. The van der Waals surface area contributed by atoms with E-state index in [1.54, 1.807) is 34.5 Å². The van der Waals surface area contributed by atoms with Gasteiger partial charge >= 0.3 is 0 Å². The Kier molecular flexibility index (Phi) is 6.84. The second kappa shape index (κ2) is 10.2. The van der Waals surface area contributed by atoms with Crippen LogP contribution in [-0.2, 0) is 12.3 Å². The van der Waals surface area contributed by atoms with Gasteiger partial charge in [0, 0.05) is 17.4 Å². The molecule has 37 heavy (non-hydrogen) atoms. The van der Waals surface area contributed by atoms with E-state index >= 15 is 0 Å². The van der Waals surface area contributed by atoms with Crippen molar-refractivity contribution in [3.63, 3.8) is 0 Å². The molecule has 5 rings (SSSR count). The molecule has 1 amide bonds. The van der Waals surface area contributed by atoms with Gasteiger partial charge in [0.2, 0.25) is 5.78 Å². The molecule has 8 heteroatoms. The topological polar surface area (TPSA) is 81.3 Å². The van der Waals surface area contributed by atoms with Crippen molar-refractivity contribution in [3.05, 3.63) is 105 Å². The highest BCUT2D eigenvalue weighted by molar-refractivity contribution is 7.98. The minimum Gasteiger partial charge on any atom is -0.350 e. The van der Waals surface area contributed by atoms with Crippen molar-refractivity contribution in [2.45, 2.75) is 51.2 Å². The lowest BCUT2D eigenvalue weighted by molar-refractivity contribution is 0.0943. The molecular weight excluding hydrogens is 482 g/mol. The van der Waals surface area contributed by atoms with Crippen LogP contribution < -0.4 is 10.9 Å². The molecule has 0 atom stereocenters. The summed E-state index contributed by atoms with van der Waals surface area (Å²) < 4.78 is 3.56. The van der Waals surface area contributed by atoms with Crippen molar-refractivity contribution in [1.29, 1.82) is 0 Å². The predicted octanol–water partition coefficient (Wildman–Crippen LogP) is 5.14. The fourth-order valence-electron chi connectivity index (χ4n) is 4.33. The minimum absolute atomic E-state index is 0.00100. The molecule has 0 radical (unpaired) electrons. The van der Waals surface area contributed by atoms with Crippen molar-refractivity contribution in [3.8, 4) is 0 Å². The Labute approximate surface area is 219 Å². The molecule has 1 N–H and O–H groups in total. The van der Waals surface area contributed by atoms with Crippen LogP contribution in [-0.4, -0.2) is 31.1 Å². The number of nitrogens with zero attached hydrogens (tertiary/aromatic N) is 4. The summed E-state index contributed by atoms with van der Waals surface area (Å²) in [6.07, 6.45) is 0. The van der Waals surface area contributed by atoms with E-state index in [0.717, 1.165) is 11.1 Å². The molecule has 0 saturated heterocycles. The summed E-state index contributed by atoms with van der Waals surface area (Å²) in [7, 11) is 0. The van der Waals surface area contributed by atoms with Crippen molar-refractivity contribution in [2.24, 2.45) is 0 Å². The van der Waals surface area contributed by atoms with Gasteiger partial charge in [0.1, 0.15) is 0 Å². The highest BCUT2D eigenvalue weighted by Gasteiger charge is 2.19. The maximum Gasteiger partial charge on any atom is 0.263 e. The van der Waals surface area contributed by atoms with Crippen LogP contribution in [0.3, 0.4) is 0 Å². The van der Waals surface area contributed by atoms with Gasteiger partial charge in [-0.2, -0.15) is 0 Å². The molecule has 7 nitrogen and oxygen atoms in total. The first-order chi connectivity index (χ1) is 17.8. The summed E-state index contributed by atoms with van der Waals surface area (Å²) in [6, 6.07) is 21.6. The Balaban J connectivity index is 1.66. The molecule has 2 aromatic heterocycles. The number of amides is 1. The summed E-state index contributed by atoms with van der Waals surface area (Å²) in [5.74, 6) is 0.969. The summed E-state index contributed by atoms with van der Waals surface area (Å²) >= 11 is 1.55. The molecule has 0 unspecified atom stereocenters. The van der Waals surface area contributed by atoms with E-state index < -0.39 is 0 Å². The molecule has 0 aliphatic rings. The van der Waals surface area contributed by atoms with Crippen LogP contribution in [0.15, 0.2) is 76.7 Å². The number of nitrogens with one attached hydrogen (secondary N) is 1. The van der Waals surface area contributed by atoms with E-state index in [1.165, 1.54) is 11.1 Å². The van der Waals surface area contributed by atoms with E-state index in [-0.39, 0.29) is 17.5 Å². The number of hydrogen-bond acceptors (Lipinski definition) is 5. The van der Waals surface area contributed by atoms with Gasteiger partial charge in [0.25, 0.3) is 11.5 Å². The van der Waals surface area contributed by atoms with Crippen molar-refractivity contribution in [1.82, 2.24) is 24.5 Å². The smallest absolute Gasteiger partial charge is 0.263 e. The molecule has 0 aliphatic carbocycles. The van der Waals surface area contributed by atoms with Gasteiger partial charge in [0.15, 0.2) is 5.16 Å². The van der Waals surface area contributed by atoms with Crippen molar-refractivity contribution >= 4 is 34.3 Å². The molecule has 0 bridgehead atoms. The fraction of sp³-hybridized carbons (Fsp3) is 0.241. The molecule has 0 spiro atoms. The lowest BCUT2D eigenvalue weighted by Crippen LogP contribution is -2.30. The van der Waals surface area contributed by atoms with Crippen molar-refractivity contribution in [2.75, 3.05) is 0 Å². The highest BCUT2D eigenvalue weighted by Crippen LogP contribution is 2.26. The normalized spacial score (nSPS) is 11.5. The number of thioether (sulfide) groups is 1. The summed E-state index contributed by atoms with van der Waals surface area (Å²) in [6.45, 7) is 8.31. The average molecular weight is 512 g/mol. The standard InChI is InChI=1S/C29H29N5O2S/c1-18(2)30-26(35)23-12-13-24-25(15-23)34-28(33(27(24)36)16-21-10-8-19(3)9-11-21)31-32-29(34)37-17-22-7-5-6-20(4)14-22/h5-15,18H,16-17H2,1-4H3,(H,30,35). The maximum atomic E-state index is 13.7. The Hall–Kier alpha value is -3.91. The van der Waals surface area contributed by atoms with E-state index in [2.05, 4.69) is 40.6 Å². The summed E-state index contributed by atoms with van der Waals surface area (Å²) in [5, 5.41) is 13.0. The SMILES string of the molecule is Cc1ccc(Cn2c(=O)c3ccc(C(=O)NC(C)C)cc3n3c(SCc4cccc(C)c4)nnc23)cc1. The zero-order valence-electron chi connectivity index (χ0n) is 21.4. The lowest BCUT2D eigenvalue weighted by Gasteiger charge is -2.13. The molecule has 188 valence electrons. The monoisotopic (exact) mass is 511 g/mol. The van der Waals surface area contributed by atoms with Crippen LogP contribution in [0.25, 0.3) is 16.7 Å². The Morgan fingerprint density at radius 1 is 0.946 bits per heavy atom. The third-order valence-electron chi connectivity index (χ3n) is 6.17. The molecular formula is C29H29N5O2S. The lowest BCUT2D eigenvalue weighted by atomic mass is 10.1. The van der Waals surface area contributed by atoms with Crippen LogP contribution >= 0.6 is 11.8 Å². The molecule has 3 aromatic carbocycles. The number of carbonyl (C=O) groups excluding carboxylic acids is 1. The zero-order chi connectivity index (χ0) is 26.1. The van der Waals surface area contributed by atoms with E-state index in [1.807, 2.05) is 55.5 Å². The number of benzene rings is 3. The summed E-state index contributed by atoms with van der Waals surface area (Å²) in [4.78, 5) is 26.5. The highest BCUT2D eigenvalue weighted by atomic mass is 32.2. The Morgan fingerprint density at radius 2 is 1.73 bits per heavy atom. The van der Waals surface area contributed by atoms with Gasteiger partial charge in [-0.15, -0.1) is 10.2 Å². The first-order valence-corrected chi connectivity index (χ1v) is 13.2. The van der Waals surface area contributed by atoms with E-state index in [0.29, 0.717) is 39.7 Å². The fourth-order valence-corrected chi connectivity index (χ4v) is 5.21. The van der Waals surface area contributed by atoms with E-state index in [9.17, 15) is 9.59 Å². The van der Waals surface area contributed by atoms with Gasteiger partial charge in [0.05, 0.1) is 17.4 Å². The van der Waals surface area contributed by atoms with Gasteiger partial charge < -0.3 is 5.32 Å². The molecule has 5 aromatic rings. The predicted molar refractivity (Wildman–Crippen MR) is 148 cm³/mol. The second-order valence-corrected chi connectivity index (χ2v) is 10.6. The first kappa shape index (κ1) is 24.8. The molecule has 2 heterocycles. The third-order valence-corrected chi connectivity index (χ3v) is 7.17. The molecule has 0 saturated carbocycles. The average Bonchev–Trinajstić information content (AvgIpc) is 3.30. The quantitative estimate of drug-likeness (QED) is 0.306. The maximum absolute atomic E-state index is 13.7. The van der Waals surface area contributed by atoms with Crippen LogP contribution in [0.4, 0.5) is 0 Å². The van der Waals surface area contributed by atoms with Crippen molar-refractivity contribution < 1.29 is 4.79 Å². The van der Waals surface area contributed by atoms with Gasteiger partial charge in [-0.3, -0.25) is 18.6 Å². The number of rotatable bonds is 7. The summed E-state index contributed by atoms with van der Waals surface area (Å²) in [5.41, 5.74) is 5.47. The number of hydrogen-bond donors (Lipinski definition) is 1. The minimum atomic E-state index is -0.184. The Morgan fingerprint density at radius 3 is 2.46 bits per heavy atom. The number of aryl methyl sites for hydroxylation is 2.